The van der Waals surface area contributed by atoms with Crippen LogP contribution in [0, 0.1) is 11.8 Å². The second kappa shape index (κ2) is 7.06. The second-order valence-electron chi connectivity index (χ2n) is 7.94. The molecule has 0 aromatic carbocycles. The Labute approximate surface area is 161 Å². The van der Waals surface area contributed by atoms with Crippen LogP contribution in [0.1, 0.15) is 19.0 Å². The van der Waals surface area contributed by atoms with Gasteiger partial charge in [0.25, 0.3) is 0 Å². The molecule has 3 aliphatic rings. The molecule has 0 amide bonds. The topological polar surface area (TPSA) is 61.8 Å². The van der Waals surface area contributed by atoms with E-state index in [0.29, 0.717) is 37.3 Å². The molecule has 2 unspecified atom stereocenters. The van der Waals surface area contributed by atoms with E-state index in [2.05, 4.69) is 9.97 Å². The van der Waals surface area contributed by atoms with Gasteiger partial charge in [-0.25, -0.2) is 4.98 Å². The normalized spacial score (nSPS) is 27.7. The summed E-state index contributed by atoms with van der Waals surface area (Å²) < 4.78 is 44.8. The highest BCUT2D eigenvalue weighted by molar-refractivity contribution is 5.71. The van der Waals surface area contributed by atoms with E-state index in [4.69, 9.17) is 4.74 Å². The van der Waals surface area contributed by atoms with Gasteiger partial charge in [-0.05, 0) is 25.2 Å². The maximum Gasteiger partial charge on any atom is 0.433 e. The second-order valence-corrected chi connectivity index (χ2v) is 7.94. The molecule has 7 nitrogen and oxygen atoms in total. The molecule has 28 heavy (non-hydrogen) atoms. The number of hydrogen-bond donors (Lipinski definition) is 0. The van der Waals surface area contributed by atoms with Crippen molar-refractivity contribution in [2.45, 2.75) is 25.6 Å². The quantitative estimate of drug-likeness (QED) is 0.714. The smallest absolute Gasteiger partial charge is 0.433 e. The number of aromatic nitrogens is 2. The van der Waals surface area contributed by atoms with E-state index >= 15 is 0 Å². The number of nitrogens with zero attached hydrogens (tertiary/aromatic N) is 5. The van der Waals surface area contributed by atoms with Gasteiger partial charge in [0.1, 0.15) is 5.82 Å². The van der Waals surface area contributed by atoms with E-state index in [-0.39, 0.29) is 24.5 Å². The number of hydrogen-bond acceptors (Lipinski definition) is 7. The van der Waals surface area contributed by atoms with Crippen molar-refractivity contribution in [2.75, 3.05) is 56.2 Å². The molecular formula is C18H24F3N5O2. The molecule has 3 saturated heterocycles. The SMILES string of the molecule is COC(=O)CN1CC2CN(c3cc(C(F)(F)F)nc(N4CC[C@@H]4C)n3)CC2C1. The molecule has 4 rings (SSSR count). The van der Waals surface area contributed by atoms with E-state index in [1.165, 1.54) is 7.11 Å². The lowest BCUT2D eigenvalue weighted by atomic mass is 10.0. The van der Waals surface area contributed by atoms with Gasteiger partial charge in [-0.3, -0.25) is 9.69 Å². The summed E-state index contributed by atoms with van der Waals surface area (Å²) in [5.41, 5.74) is -0.893. The minimum atomic E-state index is -4.51. The molecule has 1 aromatic heterocycles. The first-order valence-corrected chi connectivity index (χ1v) is 9.51. The van der Waals surface area contributed by atoms with Gasteiger partial charge in [0, 0.05) is 44.8 Å². The molecule has 4 heterocycles. The summed E-state index contributed by atoms with van der Waals surface area (Å²) in [6.07, 6.45) is -3.58. The summed E-state index contributed by atoms with van der Waals surface area (Å²) >= 11 is 0. The molecule has 3 aliphatic heterocycles. The highest BCUT2D eigenvalue weighted by atomic mass is 19.4. The van der Waals surface area contributed by atoms with E-state index < -0.39 is 11.9 Å². The lowest BCUT2D eigenvalue weighted by molar-refractivity contribution is -0.142. The lowest BCUT2D eigenvalue weighted by Crippen LogP contribution is -2.47. The van der Waals surface area contributed by atoms with Crippen molar-refractivity contribution in [3.8, 4) is 0 Å². The average Bonchev–Trinajstić information content (AvgIpc) is 3.17. The molecule has 0 bridgehead atoms. The molecule has 154 valence electrons. The van der Waals surface area contributed by atoms with Crippen LogP contribution in [0.4, 0.5) is 24.9 Å². The third kappa shape index (κ3) is 3.61. The molecule has 0 N–H and O–H groups in total. The standard InChI is InChI=1S/C18H24F3N5O2/c1-11-3-4-26(11)17-22-14(18(19,20)21)5-15(23-17)25-8-12-6-24(7-13(12)9-25)10-16(27)28-2/h5,11-13H,3-4,6-10H2,1-2H3/t11-,12?,13?/m0/s1. The molecule has 0 saturated carbocycles. The van der Waals surface area contributed by atoms with Gasteiger partial charge in [-0.15, -0.1) is 0 Å². The maximum absolute atomic E-state index is 13.4. The number of methoxy groups -OCH3 is 1. The number of ether oxygens (including phenoxy) is 1. The Bertz CT molecular complexity index is 745. The van der Waals surface area contributed by atoms with Crippen molar-refractivity contribution in [1.29, 1.82) is 0 Å². The van der Waals surface area contributed by atoms with Gasteiger partial charge >= 0.3 is 12.1 Å². The summed E-state index contributed by atoms with van der Waals surface area (Å²) in [6, 6.07) is 1.21. The summed E-state index contributed by atoms with van der Waals surface area (Å²) in [5.74, 6) is 0.842. The molecule has 3 fully saturated rings. The first-order chi connectivity index (χ1) is 13.2. The van der Waals surface area contributed by atoms with Crippen molar-refractivity contribution in [3.63, 3.8) is 0 Å². The van der Waals surface area contributed by atoms with Gasteiger partial charge in [0.05, 0.1) is 13.7 Å². The van der Waals surface area contributed by atoms with Crippen LogP contribution >= 0.6 is 0 Å². The number of alkyl halides is 3. The summed E-state index contributed by atoms with van der Waals surface area (Å²) in [7, 11) is 1.37. The van der Waals surface area contributed by atoms with Gasteiger partial charge in [-0.1, -0.05) is 0 Å². The van der Waals surface area contributed by atoms with Crippen LogP contribution in [0.2, 0.25) is 0 Å². The van der Waals surface area contributed by atoms with Crippen LogP contribution in [0.15, 0.2) is 6.07 Å². The Balaban J connectivity index is 1.51. The predicted molar refractivity (Wildman–Crippen MR) is 96.1 cm³/mol. The third-order valence-electron chi connectivity index (χ3n) is 6.03. The molecular weight excluding hydrogens is 375 g/mol. The van der Waals surface area contributed by atoms with Crippen molar-refractivity contribution in [1.82, 2.24) is 14.9 Å². The van der Waals surface area contributed by atoms with Gasteiger partial charge < -0.3 is 14.5 Å². The summed E-state index contributed by atoms with van der Waals surface area (Å²) in [5, 5.41) is 0. The van der Waals surface area contributed by atoms with Crippen LogP contribution < -0.4 is 9.80 Å². The van der Waals surface area contributed by atoms with Crippen LogP contribution in [-0.4, -0.2) is 73.3 Å². The highest BCUT2D eigenvalue weighted by Crippen LogP contribution is 2.37. The highest BCUT2D eigenvalue weighted by Gasteiger charge is 2.42. The Hall–Kier alpha value is -2.10. The van der Waals surface area contributed by atoms with Crippen LogP contribution in [0.25, 0.3) is 0 Å². The number of fused-ring (bicyclic) bond motifs is 1. The van der Waals surface area contributed by atoms with Crippen LogP contribution in [0.5, 0.6) is 0 Å². The fourth-order valence-corrected chi connectivity index (χ4v) is 4.32. The first-order valence-electron chi connectivity index (χ1n) is 9.51. The third-order valence-corrected chi connectivity index (χ3v) is 6.03. The zero-order chi connectivity index (χ0) is 20.1. The zero-order valence-electron chi connectivity index (χ0n) is 15.9. The molecule has 1 aromatic rings. The maximum atomic E-state index is 13.4. The minimum absolute atomic E-state index is 0.154. The number of rotatable bonds is 4. The van der Waals surface area contributed by atoms with E-state index in [0.717, 1.165) is 25.6 Å². The number of halogens is 3. The van der Waals surface area contributed by atoms with E-state index in [9.17, 15) is 18.0 Å². The Morgan fingerprint density at radius 3 is 2.39 bits per heavy atom. The number of anilines is 2. The van der Waals surface area contributed by atoms with E-state index in [1.54, 1.807) is 0 Å². The fraction of sp³-hybridized carbons (Fsp3) is 0.722. The van der Waals surface area contributed by atoms with Gasteiger partial charge in [0.2, 0.25) is 5.95 Å². The molecule has 10 heteroatoms. The molecule has 0 spiro atoms. The van der Waals surface area contributed by atoms with Crippen LogP contribution in [-0.2, 0) is 15.7 Å². The van der Waals surface area contributed by atoms with Crippen molar-refractivity contribution in [2.24, 2.45) is 11.8 Å². The number of likely N-dealkylation sites (tertiary alicyclic amines) is 1. The summed E-state index contributed by atoms with van der Waals surface area (Å²) in [6.45, 7) is 5.63. The molecule has 3 atom stereocenters. The Morgan fingerprint density at radius 2 is 1.89 bits per heavy atom. The Kier molecular flexibility index (Phi) is 4.84. The summed E-state index contributed by atoms with van der Waals surface area (Å²) in [4.78, 5) is 25.5. The number of carbonyl (C=O) groups is 1. The number of esters is 1. The molecule has 0 radical (unpaired) electrons. The average molecular weight is 399 g/mol. The van der Waals surface area contributed by atoms with Crippen molar-refractivity contribution >= 4 is 17.7 Å². The predicted octanol–water partition coefficient (Wildman–Crippen LogP) is 1.64. The molecule has 0 aliphatic carbocycles. The largest absolute Gasteiger partial charge is 0.468 e. The monoisotopic (exact) mass is 399 g/mol. The zero-order valence-corrected chi connectivity index (χ0v) is 15.9. The van der Waals surface area contributed by atoms with Gasteiger partial charge in [0.15, 0.2) is 5.69 Å². The first kappa shape index (κ1) is 19.2. The van der Waals surface area contributed by atoms with Crippen molar-refractivity contribution < 1.29 is 22.7 Å². The minimum Gasteiger partial charge on any atom is -0.468 e. The Morgan fingerprint density at radius 1 is 1.21 bits per heavy atom. The van der Waals surface area contributed by atoms with Crippen LogP contribution in [0.3, 0.4) is 0 Å². The number of carbonyl (C=O) groups excluding carboxylic acids is 1. The van der Waals surface area contributed by atoms with Crippen molar-refractivity contribution in [3.05, 3.63) is 11.8 Å². The fourth-order valence-electron chi connectivity index (χ4n) is 4.32. The van der Waals surface area contributed by atoms with Gasteiger partial charge in [-0.2, -0.15) is 18.2 Å². The lowest BCUT2D eigenvalue weighted by Gasteiger charge is -2.39. The van der Waals surface area contributed by atoms with E-state index in [1.807, 2.05) is 21.6 Å².